The van der Waals surface area contributed by atoms with Crippen molar-refractivity contribution >= 4 is 101 Å². The first kappa shape index (κ1) is 85.2. The number of amides is 13. The molecular formula is C59H95N15O23S. The van der Waals surface area contributed by atoms with Gasteiger partial charge in [0.1, 0.15) is 78.3 Å². The number of likely N-dealkylation sites (tertiary alicyclic amines) is 1. The molecule has 13 amide bonds. The highest BCUT2D eigenvalue weighted by molar-refractivity contribution is 7.80. The Kier molecular flexibility index (Phi) is 37.2. The Morgan fingerprint density at radius 3 is 1.55 bits per heavy atom. The molecule has 0 saturated carbocycles. The predicted molar refractivity (Wildman–Crippen MR) is 345 cm³/mol. The van der Waals surface area contributed by atoms with E-state index >= 15 is 0 Å². The summed E-state index contributed by atoms with van der Waals surface area (Å²) in [6.07, 6.45) is -3.88. The number of aliphatic hydroxyl groups is 5. The van der Waals surface area contributed by atoms with Crippen LogP contribution in [0.25, 0.3) is 0 Å². The van der Waals surface area contributed by atoms with Gasteiger partial charge in [-0.3, -0.25) is 71.9 Å². The second-order valence-electron chi connectivity index (χ2n) is 23.7. The van der Waals surface area contributed by atoms with E-state index in [1.165, 1.54) is 38.1 Å². The molecule has 1 aromatic carbocycles. The summed E-state index contributed by atoms with van der Waals surface area (Å²) in [5, 5.41) is 108. The monoisotopic (exact) mass is 1410 g/mol. The number of phenolic OH excluding ortho intramolecular Hbond substituents is 1. The van der Waals surface area contributed by atoms with Gasteiger partial charge in [-0.15, -0.1) is 0 Å². The van der Waals surface area contributed by atoms with Crippen LogP contribution in [0.4, 0.5) is 0 Å². The van der Waals surface area contributed by atoms with Gasteiger partial charge in [-0.05, 0) is 103 Å². The Morgan fingerprint density at radius 1 is 0.551 bits per heavy atom. The summed E-state index contributed by atoms with van der Waals surface area (Å²) >= 11 is 4.13. The quantitative estimate of drug-likeness (QED) is 0.0213. The van der Waals surface area contributed by atoms with Gasteiger partial charge >= 0.3 is 11.9 Å². The minimum atomic E-state index is -1.95. The fourth-order valence-corrected chi connectivity index (χ4v) is 9.73. The number of aliphatic carboxylic acids is 2. The predicted octanol–water partition coefficient (Wildman–Crippen LogP) is -9.47. The Labute approximate surface area is 569 Å². The van der Waals surface area contributed by atoms with Crippen LogP contribution in [0.3, 0.4) is 0 Å². The summed E-state index contributed by atoms with van der Waals surface area (Å²) in [5.74, 6) is -17.3. The molecule has 0 unspecified atom stereocenters. The van der Waals surface area contributed by atoms with Crippen molar-refractivity contribution in [2.24, 2.45) is 17.4 Å². The molecule has 0 aliphatic carbocycles. The number of thiol groups is 1. The van der Waals surface area contributed by atoms with Gasteiger partial charge in [0, 0.05) is 25.1 Å². The molecule has 1 aromatic rings. The zero-order chi connectivity index (χ0) is 74.3. The summed E-state index contributed by atoms with van der Waals surface area (Å²) in [6, 6.07) is -15.1. The smallest absolute Gasteiger partial charge is 0.325 e. The lowest BCUT2D eigenvalue weighted by molar-refractivity contribution is -0.145. The minimum Gasteiger partial charge on any atom is -0.508 e. The van der Waals surface area contributed by atoms with E-state index < -0.39 is 224 Å². The van der Waals surface area contributed by atoms with Crippen LogP contribution >= 0.6 is 12.6 Å². The van der Waals surface area contributed by atoms with Crippen LogP contribution in [0.2, 0.25) is 0 Å². The third-order valence-electron chi connectivity index (χ3n) is 15.0. The number of phenols is 1. The molecular weight excluding hydrogens is 1320 g/mol. The summed E-state index contributed by atoms with van der Waals surface area (Å²) in [6.45, 7) is 3.93. The van der Waals surface area contributed by atoms with Crippen LogP contribution in [0.1, 0.15) is 98.5 Å². The fraction of sp³-hybridized carbons (Fsp3) is 0.644. The highest BCUT2D eigenvalue weighted by atomic mass is 32.1. The maximum Gasteiger partial charge on any atom is 0.325 e. The van der Waals surface area contributed by atoms with Crippen molar-refractivity contribution in [2.45, 2.75) is 190 Å². The van der Waals surface area contributed by atoms with Gasteiger partial charge in [0.05, 0.1) is 44.6 Å². The summed E-state index contributed by atoms with van der Waals surface area (Å²) < 4.78 is 0. The number of carbonyl (C=O) groups is 15. The molecule has 38 nitrogen and oxygen atoms in total. The molecule has 98 heavy (non-hydrogen) atoms. The number of unbranched alkanes of at least 4 members (excludes halogenated alkanes) is 1. The second kappa shape index (κ2) is 42.7. The maximum absolute atomic E-state index is 14.1. The first-order valence-electron chi connectivity index (χ1n) is 31.4. The van der Waals surface area contributed by atoms with Crippen molar-refractivity contribution in [1.29, 1.82) is 0 Å². The number of carbonyl (C=O) groups excluding carboxylic acids is 13. The molecule has 0 radical (unpaired) electrons. The van der Waals surface area contributed by atoms with E-state index in [9.17, 15) is 108 Å². The molecule has 0 bridgehead atoms. The largest absolute Gasteiger partial charge is 0.508 e. The number of hydrogen-bond acceptors (Lipinski definition) is 24. The van der Waals surface area contributed by atoms with Crippen LogP contribution in [0, 0.1) is 5.92 Å². The number of rotatable bonds is 43. The number of hydrogen-bond donors (Lipinski definition) is 23. The van der Waals surface area contributed by atoms with Crippen LogP contribution in [0.15, 0.2) is 24.3 Å². The highest BCUT2D eigenvalue weighted by Crippen LogP contribution is 2.21. The first-order valence-corrected chi connectivity index (χ1v) is 32.1. The molecule has 1 aliphatic rings. The first-order chi connectivity index (χ1) is 46.0. The molecule has 15 atom stereocenters. The van der Waals surface area contributed by atoms with E-state index in [1.54, 1.807) is 13.8 Å². The second-order valence-corrected chi connectivity index (χ2v) is 24.1. The molecule has 0 spiro atoms. The Balaban J connectivity index is 2.20. The maximum atomic E-state index is 14.1. The van der Waals surface area contributed by atoms with Crippen molar-refractivity contribution in [3.8, 4) is 5.75 Å². The topological polar surface area (TPSA) is 618 Å². The summed E-state index contributed by atoms with van der Waals surface area (Å²) in [5.41, 5.74) is 11.5. The van der Waals surface area contributed by atoms with Crippen molar-refractivity contribution < 1.29 is 113 Å². The molecule has 39 heteroatoms. The number of carboxylic acid groups (broad SMARTS) is 2. The van der Waals surface area contributed by atoms with E-state index in [0.717, 1.165) is 18.7 Å². The number of aromatic hydroxyl groups is 1. The van der Waals surface area contributed by atoms with Gasteiger partial charge in [0.25, 0.3) is 0 Å². The van der Waals surface area contributed by atoms with Crippen LogP contribution in [-0.4, -0.2) is 270 Å². The third-order valence-corrected chi connectivity index (χ3v) is 15.4. The van der Waals surface area contributed by atoms with Gasteiger partial charge in [-0.25, -0.2) is 0 Å². The van der Waals surface area contributed by atoms with Crippen LogP contribution in [0.5, 0.6) is 5.75 Å². The lowest BCUT2D eigenvalue weighted by Gasteiger charge is -2.32. The number of carboxylic acids is 2. The zero-order valence-electron chi connectivity index (χ0n) is 55.1. The number of aliphatic hydroxyl groups excluding tert-OH is 5. The molecule has 1 heterocycles. The zero-order valence-corrected chi connectivity index (χ0v) is 56.0. The van der Waals surface area contributed by atoms with Crippen molar-refractivity contribution in [3.63, 3.8) is 0 Å². The lowest BCUT2D eigenvalue weighted by Crippen LogP contribution is -2.63. The molecule has 1 aliphatic heterocycles. The number of nitrogens with zero attached hydrogens (tertiary/aromatic N) is 1. The fourth-order valence-electron chi connectivity index (χ4n) is 9.47. The molecule has 550 valence electrons. The van der Waals surface area contributed by atoms with E-state index in [-0.39, 0.29) is 56.9 Å². The van der Waals surface area contributed by atoms with Crippen molar-refractivity contribution in [3.05, 3.63) is 29.8 Å². The Hall–Kier alpha value is -8.86. The summed E-state index contributed by atoms with van der Waals surface area (Å²) in [4.78, 5) is 199. The van der Waals surface area contributed by atoms with Crippen LogP contribution < -0.4 is 75.3 Å². The molecule has 1 fully saturated rings. The van der Waals surface area contributed by atoms with E-state index in [0.29, 0.717) is 18.4 Å². The van der Waals surface area contributed by atoms with Crippen molar-refractivity contribution in [1.82, 2.24) is 68.7 Å². The normalized spacial score (nSPS) is 17.0. The number of benzene rings is 1. The molecule has 2 rings (SSSR count). The molecule has 0 aromatic heterocycles. The van der Waals surface area contributed by atoms with Gasteiger partial charge in [-0.1, -0.05) is 26.0 Å². The molecule has 24 N–H and O–H groups in total. The highest BCUT2D eigenvalue weighted by Gasteiger charge is 2.43. The van der Waals surface area contributed by atoms with E-state index in [4.69, 9.17) is 16.6 Å². The lowest BCUT2D eigenvalue weighted by atomic mass is 10.00. The van der Waals surface area contributed by atoms with Gasteiger partial charge < -0.3 is 121 Å². The minimum absolute atomic E-state index is 0.00578. The number of nitrogens with one attached hydrogen (secondary N) is 12. The number of nitrogens with two attached hydrogens (primary N) is 2. The van der Waals surface area contributed by atoms with Gasteiger partial charge in [0.2, 0.25) is 76.8 Å². The third kappa shape index (κ3) is 28.7. The van der Waals surface area contributed by atoms with Crippen molar-refractivity contribution in [2.75, 3.05) is 45.2 Å². The average molecular weight is 1410 g/mol. The van der Waals surface area contributed by atoms with Gasteiger partial charge in [-0.2, -0.15) is 12.6 Å². The van der Waals surface area contributed by atoms with Gasteiger partial charge in [0.15, 0.2) is 0 Å². The van der Waals surface area contributed by atoms with E-state index in [1.807, 2.05) is 0 Å². The Morgan fingerprint density at radius 2 is 1.02 bits per heavy atom. The van der Waals surface area contributed by atoms with E-state index in [2.05, 4.69) is 76.4 Å². The standard InChI is InChI=1S/C59H95N15O23S/c1-27(2)20-36(51(88)66-34(10-7-8-18-60)49(86)63-29(4)59(96)97)67-52(89)37(21-32-12-14-33(80)15-13-32)68-53(90)39(24-76)64-43(81)22-62-48(85)38(23-75)69-55(92)41(26-98)71-56(93)42-11-9-19-74(42)58(95)46(31(6)79)73-57(94)45(30(5)78)72-54(91)40(25-77)70-50(87)35(16-17-44(82)83)65-47(84)28(3)61/h12-15,27-31,34-42,45-46,75-80,98H,7-11,16-26,60-61H2,1-6H3,(H,62,85)(H,63,86)(H,64,81)(H,65,84)(H,66,88)(H,67,89)(H,68,90)(H,69,92)(H,70,87)(H,71,93)(H,72,91)(H,73,94)(H,82,83)(H,96,97)/t28-,29-,30+,31+,34-,35-,36-,37-,38-,39-,40-,41-,42-,45-,46-/m0/s1. The molecule has 1 saturated heterocycles. The Bertz CT molecular complexity index is 2930. The SMILES string of the molecule is CC(C)C[C@H](NC(=O)[C@H](Cc1ccc(O)cc1)NC(=O)[C@H](CO)NC(=O)CNC(=O)[C@H](CO)NC(=O)[C@H](CS)NC(=O)[C@@H]1CCCN1C(=O)[C@@H](NC(=O)[C@@H](NC(=O)[C@H](CO)NC(=O)[C@H](CCC(=O)O)NC(=O)[C@H](C)N)[C@@H](C)O)[C@@H](C)O)C(=O)N[C@@H](CCCCN)C(=O)N[C@@H](C)C(=O)O. The summed E-state index contributed by atoms with van der Waals surface area (Å²) in [7, 11) is 0. The van der Waals surface area contributed by atoms with Crippen LogP contribution in [-0.2, 0) is 78.3 Å². The average Bonchev–Trinajstić information content (AvgIpc) is 1.55.